The monoisotopic (exact) mass is 450 g/mol. The Kier molecular flexibility index (Phi) is 4.85. The van der Waals surface area contributed by atoms with Crippen LogP contribution in [0.4, 0.5) is 13.2 Å². The van der Waals surface area contributed by atoms with E-state index in [0.29, 0.717) is 33.3 Å². The van der Waals surface area contributed by atoms with Crippen LogP contribution in [-0.2, 0) is 19.8 Å². The highest BCUT2D eigenvalue weighted by atomic mass is 19.4. The number of benzene rings is 2. The molecule has 33 heavy (non-hydrogen) atoms. The minimum Gasteiger partial charge on any atom is -0.346 e. The van der Waals surface area contributed by atoms with E-state index in [1.165, 1.54) is 16.9 Å². The molecule has 0 atom stereocenters. The molecule has 0 saturated carbocycles. The van der Waals surface area contributed by atoms with E-state index in [4.69, 9.17) is 0 Å². The zero-order valence-corrected chi connectivity index (χ0v) is 17.3. The topological polar surface area (TPSA) is 77.6 Å². The third-order valence-corrected chi connectivity index (χ3v) is 5.27. The molecular weight excluding hydrogens is 433 g/mol. The fourth-order valence-corrected chi connectivity index (χ4v) is 3.73. The molecule has 1 N–H and O–H groups in total. The van der Waals surface area contributed by atoms with Gasteiger partial charge < -0.3 is 5.32 Å². The van der Waals surface area contributed by atoms with Gasteiger partial charge in [-0.05, 0) is 54.6 Å². The molecule has 0 aliphatic heterocycles. The summed E-state index contributed by atoms with van der Waals surface area (Å²) in [5.41, 5.74) is 2.65. The molecule has 0 saturated heterocycles. The Balaban J connectivity index is 1.55. The zero-order chi connectivity index (χ0) is 23.2. The zero-order valence-electron chi connectivity index (χ0n) is 17.3. The van der Waals surface area contributed by atoms with E-state index in [9.17, 15) is 18.0 Å². The van der Waals surface area contributed by atoms with Gasteiger partial charge >= 0.3 is 6.18 Å². The molecule has 0 aliphatic rings. The number of fused-ring (bicyclic) bond motifs is 3. The molecule has 0 spiro atoms. The van der Waals surface area contributed by atoms with E-state index in [2.05, 4.69) is 20.5 Å². The lowest BCUT2D eigenvalue weighted by atomic mass is 10.1. The minimum atomic E-state index is -4.42. The molecule has 3 aromatic heterocycles. The maximum Gasteiger partial charge on any atom is 0.416 e. The Bertz CT molecular complexity index is 1470. The lowest BCUT2D eigenvalue weighted by molar-refractivity contribution is -0.137. The number of alkyl halides is 3. The number of pyridine rings is 1. The lowest BCUT2D eigenvalue weighted by Crippen LogP contribution is -2.23. The molecule has 3 heterocycles. The van der Waals surface area contributed by atoms with Crippen LogP contribution in [0.2, 0.25) is 0 Å². The Morgan fingerprint density at radius 2 is 1.82 bits per heavy atom. The first-order valence-corrected chi connectivity index (χ1v) is 10.0. The summed E-state index contributed by atoms with van der Waals surface area (Å²) in [6.45, 7) is 0.283. The Hall–Kier alpha value is -4.21. The predicted octanol–water partition coefficient (Wildman–Crippen LogP) is 4.26. The van der Waals surface area contributed by atoms with Gasteiger partial charge in [0.1, 0.15) is 5.52 Å². The number of hydrogen-bond acceptors (Lipinski definition) is 4. The van der Waals surface area contributed by atoms with E-state index in [1.54, 1.807) is 42.1 Å². The highest BCUT2D eigenvalue weighted by molar-refractivity contribution is 6.08. The SMILES string of the molecule is Cn1nc2c3cc(C(=O)NCc4ccccn4)ccc3n(-c3ccc(C(F)(F)F)cc3)c2n1. The first-order valence-electron chi connectivity index (χ1n) is 10.0. The van der Waals surface area contributed by atoms with Crippen molar-refractivity contribution in [3.63, 3.8) is 0 Å². The summed E-state index contributed by atoms with van der Waals surface area (Å²) >= 11 is 0. The second kappa shape index (κ2) is 7.73. The number of amides is 1. The molecule has 166 valence electrons. The standard InChI is InChI=1S/C23H17F3N6O/c1-31-29-20-18-12-14(22(33)28-13-16-4-2-3-11-27-16)5-10-19(18)32(21(20)30-31)17-8-6-15(7-9-17)23(24,25)26/h2-12H,13H2,1H3,(H,28,33). The van der Waals surface area contributed by atoms with Crippen LogP contribution < -0.4 is 5.32 Å². The van der Waals surface area contributed by atoms with Crippen LogP contribution in [-0.4, -0.2) is 30.5 Å². The largest absolute Gasteiger partial charge is 0.416 e. The molecule has 0 fully saturated rings. The van der Waals surface area contributed by atoms with Crippen molar-refractivity contribution >= 4 is 28.0 Å². The fraction of sp³-hybridized carbons (Fsp3) is 0.130. The molecule has 7 nitrogen and oxygen atoms in total. The summed E-state index contributed by atoms with van der Waals surface area (Å²) in [5.74, 6) is -0.276. The number of rotatable bonds is 4. The second-order valence-corrected chi connectivity index (χ2v) is 7.48. The maximum absolute atomic E-state index is 13.0. The van der Waals surface area contributed by atoms with Crippen molar-refractivity contribution in [1.29, 1.82) is 0 Å². The fourth-order valence-electron chi connectivity index (χ4n) is 3.73. The van der Waals surface area contributed by atoms with Crippen molar-refractivity contribution in [3.05, 3.63) is 83.7 Å². The lowest BCUT2D eigenvalue weighted by Gasteiger charge is -2.10. The summed E-state index contributed by atoms with van der Waals surface area (Å²) < 4.78 is 40.7. The predicted molar refractivity (Wildman–Crippen MR) is 116 cm³/mol. The van der Waals surface area contributed by atoms with Crippen LogP contribution >= 0.6 is 0 Å². The molecule has 0 unspecified atom stereocenters. The van der Waals surface area contributed by atoms with Crippen molar-refractivity contribution in [2.45, 2.75) is 12.7 Å². The van der Waals surface area contributed by atoms with Crippen molar-refractivity contribution in [2.75, 3.05) is 0 Å². The van der Waals surface area contributed by atoms with Gasteiger partial charge in [0.25, 0.3) is 5.91 Å². The molecule has 10 heteroatoms. The van der Waals surface area contributed by atoms with Gasteiger partial charge in [-0.2, -0.15) is 23.1 Å². The molecule has 5 rings (SSSR count). The summed E-state index contributed by atoms with van der Waals surface area (Å²) in [4.78, 5) is 18.3. The highest BCUT2D eigenvalue weighted by Crippen LogP contribution is 2.33. The molecule has 0 bridgehead atoms. The van der Waals surface area contributed by atoms with Crippen molar-refractivity contribution in [2.24, 2.45) is 7.05 Å². The molecule has 2 aromatic carbocycles. The number of aromatic nitrogens is 5. The number of aryl methyl sites for hydroxylation is 1. The van der Waals surface area contributed by atoms with Gasteiger partial charge in [-0.1, -0.05) is 6.07 Å². The van der Waals surface area contributed by atoms with Crippen molar-refractivity contribution in [1.82, 2.24) is 29.9 Å². The number of halogens is 3. The van der Waals surface area contributed by atoms with E-state index < -0.39 is 11.7 Å². The summed E-state index contributed by atoms with van der Waals surface area (Å²) in [5, 5.41) is 12.3. The number of hydrogen-bond donors (Lipinski definition) is 1. The number of nitrogens with zero attached hydrogens (tertiary/aromatic N) is 5. The number of carbonyl (C=O) groups is 1. The first-order chi connectivity index (χ1) is 15.8. The van der Waals surface area contributed by atoms with Crippen LogP contribution in [0, 0.1) is 0 Å². The number of nitrogens with one attached hydrogen (secondary N) is 1. The normalized spacial score (nSPS) is 11.9. The van der Waals surface area contributed by atoms with Crippen LogP contribution in [0.15, 0.2) is 66.9 Å². The Labute approximate surface area is 185 Å². The quantitative estimate of drug-likeness (QED) is 0.444. The van der Waals surface area contributed by atoms with Gasteiger partial charge in [0.15, 0.2) is 5.65 Å². The van der Waals surface area contributed by atoms with Crippen LogP contribution in [0.1, 0.15) is 21.6 Å². The van der Waals surface area contributed by atoms with Gasteiger partial charge in [0.2, 0.25) is 0 Å². The Morgan fingerprint density at radius 3 is 2.52 bits per heavy atom. The second-order valence-electron chi connectivity index (χ2n) is 7.48. The van der Waals surface area contributed by atoms with Gasteiger partial charge in [0, 0.05) is 29.9 Å². The van der Waals surface area contributed by atoms with E-state index in [-0.39, 0.29) is 12.5 Å². The summed E-state index contributed by atoms with van der Waals surface area (Å²) in [7, 11) is 1.66. The summed E-state index contributed by atoms with van der Waals surface area (Å²) in [6, 6.07) is 15.4. The Morgan fingerprint density at radius 1 is 1.03 bits per heavy atom. The molecule has 5 aromatic rings. The summed E-state index contributed by atoms with van der Waals surface area (Å²) in [6.07, 6.45) is -2.76. The van der Waals surface area contributed by atoms with Crippen molar-refractivity contribution < 1.29 is 18.0 Å². The van der Waals surface area contributed by atoms with Crippen LogP contribution in [0.5, 0.6) is 0 Å². The number of carbonyl (C=O) groups excluding carboxylic acids is 1. The van der Waals surface area contributed by atoms with E-state index >= 15 is 0 Å². The van der Waals surface area contributed by atoms with Gasteiger partial charge in [0.05, 0.1) is 23.3 Å². The van der Waals surface area contributed by atoms with Crippen LogP contribution in [0.25, 0.3) is 27.8 Å². The molecule has 1 amide bonds. The van der Waals surface area contributed by atoms with Gasteiger partial charge in [-0.15, -0.1) is 5.10 Å². The minimum absolute atomic E-state index is 0.276. The molecular formula is C23H17F3N6O. The average Bonchev–Trinajstić information content (AvgIpc) is 3.32. The molecule has 0 radical (unpaired) electrons. The van der Waals surface area contributed by atoms with Crippen molar-refractivity contribution in [3.8, 4) is 5.69 Å². The average molecular weight is 450 g/mol. The van der Waals surface area contributed by atoms with Gasteiger partial charge in [-0.25, -0.2) is 0 Å². The van der Waals surface area contributed by atoms with E-state index in [1.807, 2.05) is 12.1 Å². The van der Waals surface area contributed by atoms with Crippen LogP contribution in [0.3, 0.4) is 0 Å². The highest BCUT2D eigenvalue weighted by Gasteiger charge is 2.30. The van der Waals surface area contributed by atoms with Gasteiger partial charge in [-0.3, -0.25) is 14.3 Å². The smallest absolute Gasteiger partial charge is 0.346 e. The molecule has 0 aliphatic carbocycles. The third kappa shape index (κ3) is 3.79. The van der Waals surface area contributed by atoms with E-state index in [0.717, 1.165) is 17.8 Å². The third-order valence-electron chi connectivity index (χ3n) is 5.27. The maximum atomic E-state index is 13.0. The first kappa shape index (κ1) is 20.7.